The summed E-state index contributed by atoms with van der Waals surface area (Å²) in [4.78, 5) is 17.2. The molecule has 1 aromatic heterocycles. The Bertz CT molecular complexity index is 624. The fourth-order valence-corrected chi connectivity index (χ4v) is 3.22. The maximum absolute atomic E-state index is 10.8. The Balaban J connectivity index is 2.07. The number of likely N-dealkylation sites (N-methyl/N-ethyl adjacent to an activating group) is 1. The maximum Gasteiger partial charge on any atom is 0.270 e. The van der Waals surface area contributed by atoms with Gasteiger partial charge in [0.2, 0.25) is 0 Å². The van der Waals surface area contributed by atoms with E-state index in [2.05, 4.69) is 36.0 Å². The Morgan fingerprint density at radius 1 is 1.43 bits per heavy atom. The lowest BCUT2D eigenvalue weighted by Crippen LogP contribution is -2.37. The van der Waals surface area contributed by atoms with Gasteiger partial charge in [-0.2, -0.15) is 0 Å². The molecule has 1 N–H and O–H groups in total. The molecule has 7 heteroatoms. The molecule has 0 aliphatic heterocycles. The van der Waals surface area contributed by atoms with Crippen LogP contribution in [-0.4, -0.2) is 40.5 Å². The summed E-state index contributed by atoms with van der Waals surface area (Å²) >= 11 is 1.45. The van der Waals surface area contributed by atoms with Crippen LogP contribution in [0.15, 0.2) is 18.2 Å². The average molecular weight is 308 g/mol. The van der Waals surface area contributed by atoms with Crippen molar-refractivity contribution >= 4 is 32.4 Å². The van der Waals surface area contributed by atoms with Crippen molar-refractivity contribution < 1.29 is 4.92 Å². The molecule has 6 nitrogen and oxygen atoms in total. The Kier molecular flexibility index (Phi) is 5.08. The van der Waals surface area contributed by atoms with Crippen molar-refractivity contribution in [1.29, 1.82) is 0 Å². The van der Waals surface area contributed by atoms with Gasteiger partial charge < -0.3 is 5.32 Å². The number of nitrogens with zero attached hydrogens (tertiary/aromatic N) is 3. The number of benzene rings is 1. The number of nitro benzene ring substituents is 1. The van der Waals surface area contributed by atoms with Crippen molar-refractivity contribution in [2.45, 2.75) is 26.8 Å². The lowest BCUT2D eigenvalue weighted by atomic mass is 10.3. The molecule has 1 unspecified atom stereocenters. The van der Waals surface area contributed by atoms with Gasteiger partial charge in [-0.3, -0.25) is 15.0 Å². The van der Waals surface area contributed by atoms with Gasteiger partial charge in [-0.15, -0.1) is 0 Å². The number of hydrogen-bond donors (Lipinski definition) is 1. The first-order valence-corrected chi connectivity index (χ1v) is 7.89. The Morgan fingerprint density at radius 2 is 2.14 bits per heavy atom. The number of nitrogens with one attached hydrogen (secondary N) is 1. The van der Waals surface area contributed by atoms with E-state index in [4.69, 9.17) is 0 Å². The summed E-state index contributed by atoms with van der Waals surface area (Å²) in [6.45, 7) is 9.33. The number of non-ortho nitro benzene ring substituents is 1. The molecule has 0 spiro atoms. The minimum absolute atomic E-state index is 0.106. The second-order valence-electron chi connectivity index (χ2n) is 4.88. The van der Waals surface area contributed by atoms with Crippen LogP contribution in [0.5, 0.6) is 0 Å². The first-order valence-electron chi connectivity index (χ1n) is 7.08. The molecule has 2 aromatic rings. The number of fused-ring (bicyclic) bond motifs is 1. The van der Waals surface area contributed by atoms with Crippen molar-refractivity contribution in [2.75, 3.05) is 25.0 Å². The highest BCUT2D eigenvalue weighted by atomic mass is 32.1. The van der Waals surface area contributed by atoms with E-state index in [-0.39, 0.29) is 10.6 Å². The smallest absolute Gasteiger partial charge is 0.270 e. The lowest BCUT2D eigenvalue weighted by molar-refractivity contribution is -0.384. The van der Waals surface area contributed by atoms with Gasteiger partial charge in [0.1, 0.15) is 0 Å². The van der Waals surface area contributed by atoms with Crippen molar-refractivity contribution in [3.05, 3.63) is 28.3 Å². The van der Waals surface area contributed by atoms with Crippen LogP contribution in [0.25, 0.3) is 10.2 Å². The van der Waals surface area contributed by atoms with E-state index >= 15 is 0 Å². The highest BCUT2D eigenvalue weighted by Crippen LogP contribution is 2.29. The van der Waals surface area contributed by atoms with Crippen molar-refractivity contribution in [3.63, 3.8) is 0 Å². The fraction of sp³-hybridized carbons (Fsp3) is 0.500. The summed E-state index contributed by atoms with van der Waals surface area (Å²) in [5, 5.41) is 14.9. The number of anilines is 1. The van der Waals surface area contributed by atoms with Crippen LogP contribution in [0.3, 0.4) is 0 Å². The van der Waals surface area contributed by atoms with Gasteiger partial charge in [-0.1, -0.05) is 25.2 Å². The van der Waals surface area contributed by atoms with E-state index in [9.17, 15) is 10.1 Å². The topological polar surface area (TPSA) is 71.3 Å². The molecule has 0 amide bonds. The molecule has 2 rings (SSSR count). The molecule has 0 bridgehead atoms. The van der Waals surface area contributed by atoms with Crippen LogP contribution >= 0.6 is 11.3 Å². The molecular weight excluding hydrogens is 288 g/mol. The summed E-state index contributed by atoms with van der Waals surface area (Å²) in [5.74, 6) is 0. The second-order valence-corrected chi connectivity index (χ2v) is 5.91. The Hall–Kier alpha value is -1.73. The summed E-state index contributed by atoms with van der Waals surface area (Å²) in [6.07, 6.45) is 0. The second kappa shape index (κ2) is 6.82. The summed E-state index contributed by atoms with van der Waals surface area (Å²) in [6, 6.07) is 5.18. The first kappa shape index (κ1) is 15.7. The van der Waals surface area contributed by atoms with E-state index in [0.717, 1.165) is 35.0 Å². The molecule has 0 saturated heterocycles. The SMILES string of the molecule is CCN(CC)C(C)CNc1nc2ccc([N+](=O)[O-])cc2s1. The number of thiazole rings is 1. The third kappa shape index (κ3) is 3.68. The summed E-state index contributed by atoms with van der Waals surface area (Å²) < 4.78 is 0.835. The van der Waals surface area contributed by atoms with Crippen LogP contribution in [0.2, 0.25) is 0 Å². The van der Waals surface area contributed by atoms with Gasteiger partial charge in [-0.25, -0.2) is 4.98 Å². The van der Waals surface area contributed by atoms with E-state index in [1.807, 2.05) is 0 Å². The van der Waals surface area contributed by atoms with E-state index < -0.39 is 0 Å². The molecule has 0 aliphatic carbocycles. The highest BCUT2D eigenvalue weighted by molar-refractivity contribution is 7.22. The number of aromatic nitrogens is 1. The van der Waals surface area contributed by atoms with Gasteiger partial charge in [0.05, 0.1) is 15.1 Å². The molecule has 0 saturated carbocycles. The fourth-order valence-electron chi connectivity index (χ4n) is 2.31. The predicted octanol–water partition coefficient (Wildman–Crippen LogP) is 3.35. The third-order valence-corrected chi connectivity index (χ3v) is 4.54. The lowest BCUT2D eigenvalue weighted by Gasteiger charge is -2.26. The molecule has 1 aromatic carbocycles. The van der Waals surface area contributed by atoms with Gasteiger partial charge >= 0.3 is 0 Å². The van der Waals surface area contributed by atoms with Crippen LogP contribution in [0.4, 0.5) is 10.8 Å². The molecule has 0 fully saturated rings. The Labute approximate surface area is 127 Å². The van der Waals surface area contributed by atoms with E-state index in [0.29, 0.717) is 6.04 Å². The van der Waals surface area contributed by atoms with Gasteiger partial charge in [0.25, 0.3) is 5.69 Å². The monoisotopic (exact) mass is 308 g/mol. The van der Waals surface area contributed by atoms with Crippen LogP contribution < -0.4 is 5.32 Å². The molecular formula is C14H20N4O2S. The minimum atomic E-state index is -0.380. The summed E-state index contributed by atoms with van der Waals surface area (Å²) in [7, 11) is 0. The number of hydrogen-bond acceptors (Lipinski definition) is 6. The number of rotatable bonds is 7. The highest BCUT2D eigenvalue weighted by Gasteiger charge is 2.12. The molecule has 1 atom stereocenters. The first-order chi connectivity index (χ1) is 10.0. The zero-order chi connectivity index (χ0) is 15.4. The molecule has 21 heavy (non-hydrogen) atoms. The largest absolute Gasteiger partial charge is 0.360 e. The van der Waals surface area contributed by atoms with E-state index in [1.165, 1.54) is 17.4 Å². The van der Waals surface area contributed by atoms with Crippen molar-refractivity contribution in [3.8, 4) is 0 Å². The molecule has 0 radical (unpaired) electrons. The molecule has 114 valence electrons. The zero-order valence-electron chi connectivity index (χ0n) is 12.5. The van der Waals surface area contributed by atoms with Gasteiger partial charge in [0, 0.05) is 24.7 Å². The predicted molar refractivity (Wildman–Crippen MR) is 87.1 cm³/mol. The Morgan fingerprint density at radius 3 is 2.76 bits per heavy atom. The average Bonchev–Trinajstić information content (AvgIpc) is 2.88. The van der Waals surface area contributed by atoms with Crippen LogP contribution in [0, 0.1) is 10.1 Å². The maximum atomic E-state index is 10.8. The molecule has 0 aliphatic rings. The van der Waals surface area contributed by atoms with Gasteiger partial charge in [-0.05, 0) is 26.1 Å². The van der Waals surface area contributed by atoms with Crippen LogP contribution in [0.1, 0.15) is 20.8 Å². The quantitative estimate of drug-likeness (QED) is 0.627. The summed E-state index contributed by atoms with van der Waals surface area (Å²) in [5.41, 5.74) is 0.901. The standard InChI is InChI=1S/C14H20N4O2S/c1-4-17(5-2)10(3)9-15-14-16-12-7-6-11(18(19)20)8-13(12)21-14/h6-8,10H,4-5,9H2,1-3H3,(H,15,16). The van der Waals surface area contributed by atoms with Crippen LogP contribution in [-0.2, 0) is 0 Å². The minimum Gasteiger partial charge on any atom is -0.360 e. The van der Waals surface area contributed by atoms with Crippen molar-refractivity contribution in [1.82, 2.24) is 9.88 Å². The normalized spacial score (nSPS) is 12.8. The third-order valence-electron chi connectivity index (χ3n) is 3.57. The van der Waals surface area contributed by atoms with E-state index in [1.54, 1.807) is 12.1 Å². The van der Waals surface area contributed by atoms with Gasteiger partial charge in [0.15, 0.2) is 5.13 Å². The van der Waals surface area contributed by atoms with Crippen molar-refractivity contribution in [2.24, 2.45) is 0 Å². The number of nitro groups is 1. The zero-order valence-corrected chi connectivity index (χ0v) is 13.3. The molecule has 1 heterocycles.